The number of halogens is 1. The zero-order valence-electron chi connectivity index (χ0n) is 10.3. The van der Waals surface area contributed by atoms with E-state index in [1.165, 1.54) is 12.1 Å². The second kappa shape index (κ2) is 3.89. The van der Waals surface area contributed by atoms with Crippen molar-refractivity contribution in [3.05, 3.63) is 28.8 Å². The maximum absolute atomic E-state index is 13.2. The fraction of sp³-hybridized carbons (Fsp3) is 0.417. The predicted octanol–water partition coefficient (Wildman–Crippen LogP) is 2.37. The second-order valence-electron chi connectivity index (χ2n) is 5.27. The topological polar surface area (TPSA) is 54.9 Å². The molecule has 1 aromatic carbocycles. The molecule has 0 saturated carbocycles. The minimum absolute atomic E-state index is 0.0681. The molecule has 7 heteroatoms. The molecule has 2 heterocycles. The quantitative estimate of drug-likeness (QED) is 0.823. The highest BCUT2D eigenvalue weighted by atomic mass is 32.2. The fourth-order valence-electron chi connectivity index (χ4n) is 2.79. The Balaban J connectivity index is 2.26. The summed E-state index contributed by atoms with van der Waals surface area (Å²) < 4.78 is 38.9. The van der Waals surface area contributed by atoms with Crippen molar-refractivity contribution in [1.29, 1.82) is 0 Å². The third-order valence-electron chi connectivity index (χ3n) is 3.67. The Hall–Kier alpha value is -1.21. The molecule has 3 rings (SSSR count). The number of benzene rings is 1. The van der Waals surface area contributed by atoms with Crippen LogP contribution in [0.15, 0.2) is 18.2 Å². The van der Waals surface area contributed by atoms with Crippen LogP contribution in [0.2, 0.25) is 0 Å². The molecule has 4 nitrogen and oxygen atoms in total. The van der Waals surface area contributed by atoms with Crippen LogP contribution in [0.3, 0.4) is 0 Å². The molecule has 1 atom stereocenters. The van der Waals surface area contributed by atoms with Gasteiger partial charge in [0.05, 0.1) is 28.1 Å². The summed E-state index contributed by atoms with van der Waals surface area (Å²) in [6, 6.07) is 4.36. The molecule has 0 amide bonds. The smallest absolute Gasteiger partial charge is 0.178 e. The molecular formula is C12H13FN2O2S2. The molecule has 0 aliphatic carbocycles. The number of aromatic amines is 1. The standard InChI is InChI=1S/C12H13FN2O2S2/c1-12(4-5-19(16,17)7-12)15-10-3-2-8(13)6-9(10)14-11(15)18/h2-3,6H,4-5,7H2,1H3,(H,14,18). The van der Waals surface area contributed by atoms with Crippen LogP contribution in [-0.2, 0) is 15.4 Å². The zero-order valence-corrected chi connectivity index (χ0v) is 11.9. The van der Waals surface area contributed by atoms with Crippen LogP contribution in [0.5, 0.6) is 0 Å². The molecule has 2 aromatic rings. The van der Waals surface area contributed by atoms with E-state index < -0.39 is 15.4 Å². The van der Waals surface area contributed by atoms with E-state index in [0.717, 1.165) is 5.52 Å². The lowest BCUT2D eigenvalue weighted by Crippen LogP contribution is -2.31. The molecule has 1 aromatic heterocycles. The molecule has 0 spiro atoms. The van der Waals surface area contributed by atoms with Gasteiger partial charge in [-0.2, -0.15) is 0 Å². The van der Waals surface area contributed by atoms with E-state index in [9.17, 15) is 12.8 Å². The largest absolute Gasteiger partial charge is 0.330 e. The first kappa shape index (κ1) is 12.8. The van der Waals surface area contributed by atoms with Gasteiger partial charge in [-0.3, -0.25) is 0 Å². The van der Waals surface area contributed by atoms with Crippen molar-refractivity contribution in [3.8, 4) is 0 Å². The first-order chi connectivity index (χ1) is 8.81. The SMILES string of the molecule is CC1(n2c(=S)[nH]c3cc(F)ccc32)CCS(=O)(=O)C1. The Morgan fingerprint density at radius 1 is 1.47 bits per heavy atom. The van der Waals surface area contributed by atoms with Crippen molar-refractivity contribution < 1.29 is 12.8 Å². The van der Waals surface area contributed by atoms with E-state index in [4.69, 9.17) is 12.2 Å². The molecule has 1 N–H and O–H groups in total. The maximum Gasteiger partial charge on any atom is 0.178 e. The minimum Gasteiger partial charge on any atom is -0.330 e. The van der Waals surface area contributed by atoms with E-state index >= 15 is 0 Å². The normalized spacial score (nSPS) is 26.0. The van der Waals surface area contributed by atoms with Crippen molar-refractivity contribution >= 4 is 33.1 Å². The molecule has 1 aliphatic rings. The lowest BCUT2D eigenvalue weighted by atomic mass is 10.0. The molecule has 102 valence electrons. The number of H-pyrrole nitrogens is 1. The summed E-state index contributed by atoms with van der Waals surface area (Å²) in [5, 5.41) is 0. The second-order valence-corrected chi connectivity index (χ2v) is 7.84. The van der Waals surface area contributed by atoms with Crippen molar-refractivity contribution in [1.82, 2.24) is 9.55 Å². The van der Waals surface area contributed by atoms with Gasteiger partial charge in [-0.05, 0) is 43.8 Å². The van der Waals surface area contributed by atoms with Crippen LogP contribution < -0.4 is 0 Å². The lowest BCUT2D eigenvalue weighted by Gasteiger charge is -2.25. The highest BCUT2D eigenvalue weighted by Gasteiger charge is 2.41. The van der Waals surface area contributed by atoms with Gasteiger partial charge < -0.3 is 9.55 Å². The minimum atomic E-state index is -3.03. The fourth-order valence-corrected chi connectivity index (χ4v) is 5.33. The number of rotatable bonds is 1. The summed E-state index contributed by atoms with van der Waals surface area (Å²) in [7, 11) is -3.03. The zero-order chi connectivity index (χ0) is 13.8. The maximum atomic E-state index is 13.2. The highest BCUT2D eigenvalue weighted by Crippen LogP contribution is 2.34. The van der Waals surface area contributed by atoms with Gasteiger partial charge in [0.25, 0.3) is 0 Å². The van der Waals surface area contributed by atoms with Crippen molar-refractivity contribution in [2.45, 2.75) is 18.9 Å². The van der Waals surface area contributed by atoms with Crippen molar-refractivity contribution in [2.24, 2.45) is 0 Å². The van der Waals surface area contributed by atoms with Gasteiger partial charge in [0.15, 0.2) is 14.6 Å². The molecule has 0 bridgehead atoms. The summed E-state index contributed by atoms with van der Waals surface area (Å²) in [6.45, 7) is 1.88. The van der Waals surface area contributed by atoms with Crippen LogP contribution >= 0.6 is 12.2 Å². The number of hydrogen-bond acceptors (Lipinski definition) is 3. The van der Waals surface area contributed by atoms with Gasteiger partial charge in [-0.15, -0.1) is 0 Å². The van der Waals surface area contributed by atoms with Gasteiger partial charge in [-0.25, -0.2) is 12.8 Å². The summed E-state index contributed by atoms with van der Waals surface area (Å²) in [5.41, 5.74) is 0.771. The molecule has 1 saturated heterocycles. The number of sulfone groups is 1. The Morgan fingerprint density at radius 2 is 2.21 bits per heavy atom. The number of aromatic nitrogens is 2. The van der Waals surface area contributed by atoms with Crippen molar-refractivity contribution in [2.75, 3.05) is 11.5 Å². The number of imidazole rings is 1. The number of nitrogens with one attached hydrogen (secondary N) is 1. The van der Waals surface area contributed by atoms with Crippen LogP contribution in [0.1, 0.15) is 13.3 Å². The summed E-state index contributed by atoms with van der Waals surface area (Å²) >= 11 is 5.27. The Morgan fingerprint density at radius 3 is 2.84 bits per heavy atom. The number of hydrogen-bond donors (Lipinski definition) is 1. The van der Waals surface area contributed by atoms with Gasteiger partial charge in [0, 0.05) is 0 Å². The Bertz CT molecular complexity index is 822. The molecule has 1 aliphatic heterocycles. The monoisotopic (exact) mass is 300 g/mol. The number of fused-ring (bicyclic) bond motifs is 1. The van der Waals surface area contributed by atoms with E-state index in [1.807, 2.05) is 11.5 Å². The van der Waals surface area contributed by atoms with Crippen LogP contribution in [-0.4, -0.2) is 29.5 Å². The molecule has 1 unspecified atom stereocenters. The summed E-state index contributed by atoms with van der Waals surface area (Å²) in [5.74, 6) is -0.113. The van der Waals surface area contributed by atoms with E-state index in [2.05, 4.69) is 4.98 Å². The van der Waals surface area contributed by atoms with Crippen molar-refractivity contribution in [3.63, 3.8) is 0 Å². The molecular weight excluding hydrogens is 287 g/mol. The van der Waals surface area contributed by atoms with Gasteiger partial charge in [0.1, 0.15) is 5.82 Å². The molecule has 0 radical (unpaired) electrons. The molecule has 1 fully saturated rings. The van der Waals surface area contributed by atoms with Gasteiger partial charge in [-0.1, -0.05) is 0 Å². The Labute approximate surface area is 115 Å². The highest BCUT2D eigenvalue weighted by molar-refractivity contribution is 7.91. The summed E-state index contributed by atoms with van der Waals surface area (Å²) in [4.78, 5) is 2.94. The van der Waals surface area contributed by atoms with Crippen LogP contribution in [0.4, 0.5) is 4.39 Å². The average Bonchev–Trinajstić information content (AvgIpc) is 2.75. The van der Waals surface area contributed by atoms with Crippen LogP contribution in [0.25, 0.3) is 11.0 Å². The van der Waals surface area contributed by atoms with Crippen LogP contribution in [0, 0.1) is 10.6 Å². The summed E-state index contributed by atoms with van der Waals surface area (Å²) in [6.07, 6.45) is 0.522. The van der Waals surface area contributed by atoms with E-state index in [0.29, 0.717) is 16.7 Å². The van der Waals surface area contributed by atoms with Gasteiger partial charge >= 0.3 is 0 Å². The number of nitrogens with zero attached hydrogens (tertiary/aromatic N) is 1. The first-order valence-corrected chi connectivity index (χ1v) is 8.15. The van der Waals surface area contributed by atoms with E-state index in [-0.39, 0.29) is 17.3 Å². The van der Waals surface area contributed by atoms with E-state index in [1.54, 1.807) is 6.07 Å². The molecule has 19 heavy (non-hydrogen) atoms. The average molecular weight is 300 g/mol. The Kier molecular flexibility index (Phi) is 2.62. The lowest BCUT2D eigenvalue weighted by molar-refractivity contribution is 0.372. The third kappa shape index (κ3) is 2.01. The predicted molar refractivity (Wildman–Crippen MR) is 74.0 cm³/mol. The van der Waals surface area contributed by atoms with Gasteiger partial charge in [0.2, 0.25) is 0 Å². The third-order valence-corrected chi connectivity index (χ3v) is 5.84. The first-order valence-electron chi connectivity index (χ1n) is 5.92.